The topological polar surface area (TPSA) is 90.5 Å². The molecule has 0 spiro atoms. The second-order valence-electron chi connectivity index (χ2n) is 9.07. The van der Waals surface area contributed by atoms with Gasteiger partial charge < -0.3 is 20.9 Å². The SMILES string of the molecule is C[C@H](NC(=O)C1CCc2ccccc2N1)C(=O)N[C@@H]1C(=O)N(C)c2ccccc2-c2ccccc21. The van der Waals surface area contributed by atoms with Crippen LogP contribution >= 0.6 is 0 Å². The van der Waals surface area contributed by atoms with Crippen LogP contribution in [0.2, 0.25) is 0 Å². The van der Waals surface area contributed by atoms with Crippen LogP contribution in [0, 0.1) is 0 Å². The molecule has 5 rings (SSSR count). The molecule has 1 unspecified atom stereocenters. The van der Waals surface area contributed by atoms with E-state index in [9.17, 15) is 14.4 Å². The number of amides is 3. The third-order valence-corrected chi connectivity index (χ3v) is 6.81. The number of fused-ring (bicyclic) bond motifs is 4. The Labute approximate surface area is 204 Å². The predicted molar refractivity (Wildman–Crippen MR) is 136 cm³/mol. The number of carbonyl (C=O) groups is 3. The van der Waals surface area contributed by atoms with E-state index in [0.29, 0.717) is 6.42 Å². The molecule has 0 bridgehead atoms. The number of nitrogens with zero attached hydrogens (tertiary/aromatic N) is 1. The van der Waals surface area contributed by atoms with Gasteiger partial charge in [0.15, 0.2) is 0 Å². The summed E-state index contributed by atoms with van der Waals surface area (Å²) >= 11 is 0. The molecule has 2 aliphatic heterocycles. The Kier molecular flexibility index (Phi) is 5.99. The maximum absolute atomic E-state index is 13.4. The van der Waals surface area contributed by atoms with Gasteiger partial charge in [0, 0.05) is 18.3 Å². The third kappa shape index (κ3) is 4.25. The minimum Gasteiger partial charge on any atom is -0.373 e. The zero-order chi connectivity index (χ0) is 24.5. The molecule has 3 aromatic carbocycles. The summed E-state index contributed by atoms with van der Waals surface area (Å²) < 4.78 is 0. The van der Waals surface area contributed by atoms with Crippen LogP contribution in [0.25, 0.3) is 11.1 Å². The summed E-state index contributed by atoms with van der Waals surface area (Å²) in [7, 11) is 1.71. The smallest absolute Gasteiger partial charge is 0.253 e. The first-order chi connectivity index (χ1) is 16.9. The van der Waals surface area contributed by atoms with E-state index in [0.717, 1.165) is 34.5 Å². The zero-order valence-corrected chi connectivity index (χ0v) is 19.7. The fourth-order valence-corrected chi connectivity index (χ4v) is 4.86. The highest BCUT2D eigenvalue weighted by atomic mass is 16.2. The number of benzene rings is 3. The third-order valence-electron chi connectivity index (χ3n) is 6.81. The molecule has 0 saturated heterocycles. The van der Waals surface area contributed by atoms with Crippen LogP contribution in [-0.2, 0) is 20.8 Å². The van der Waals surface area contributed by atoms with Crippen molar-refractivity contribution in [3.63, 3.8) is 0 Å². The monoisotopic (exact) mass is 468 g/mol. The van der Waals surface area contributed by atoms with Gasteiger partial charge in [-0.1, -0.05) is 60.7 Å². The van der Waals surface area contributed by atoms with Gasteiger partial charge in [0.25, 0.3) is 5.91 Å². The Balaban J connectivity index is 1.32. The van der Waals surface area contributed by atoms with Crippen molar-refractivity contribution in [3.05, 3.63) is 83.9 Å². The zero-order valence-electron chi connectivity index (χ0n) is 19.7. The molecule has 35 heavy (non-hydrogen) atoms. The average molecular weight is 469 g/mol. The van der Waals surface area contributed by atoms with Gasteiger partial charge in [-0.2, -0.15) is 0 Å². The summed E-state index contributed by atoms with van der Waals surface area (Å²) in [4.78, 5) is 41.1. The lowest BCUT2D eigenvalue weighted by molar-refractivity contribution is -0.131. The highest BCUT2D eigenvalue weighted by Crippen LogP contribution is 2.39. The van der Waals surface area contributed by atoms with Crippen LogP contribution in [0.5, 0.6) is 0 Å². The van der Waals surface area contributed by atoms with Gasteiger partial charge in [-0.25, -0.2) is 0 Å². The first-order valence-electron chi connectivity index (χ1n) is 11.8. The van der Waals surface area contributed by atoms with E-state index in [1.165, 1.54) is 5.56 Å². The van der Waals surface area contributed by atoms with Gasteiger partial charge in [0.05, 0.1) is 5.69 Å². The summed E-state index contributed by atoms with van der Waals surface area (Å²) in [6.07, 6.45) is 1.44. The number of rotatable bonds is 4. The second-order valence-corrected chi connectivity index (χ2v) is 9.07. The normalized spacial score (nSPS) is 19.3. The van der Waals surface area contributed by atoms with Crippen molar-refractivity contribution in [2.45, 2.75) is 37.9 Å². The lowest BCUT2D eigenvalue weighted by Gasteiger charge is -2.28. The summed E-state index contributed by atoms with van der Waals surface area (Å²) in [5.41, 5.74) is 5.46. The first kappa shape index (κ1) is 22.7. The Morgan fingerprint density at radius 2 is 1.66 bits per heavy atom. The highest BCUT2D eigenvalue weighted by Gasteiger charge is 2.34. The number of anilines is 2. The Bertz CT molecular complexity index is 1300. The maximum Gasteiger partial charge on any atom is 0.253 e. The highest BCUT2D eigenvalue weighted by molar-refractivity contribution is 6.06. The fourth-order valence-electron chi connectivity index (χ4n) is 4.86. The lowest BCUT2D eigenvalue weighted by Crippen LogP contribution is -2.52. The van der Waals surface area contributed by atoms with Gasteiger partial charge in [0.1, 0.15) is 18.1 Å². The number of carbonyl (C=O) groups excluding carboxylic acids is 3. The number of hydrogen-bond acceptors (Lipinski definition) is 4. The lowest BCUT2D eigenvalue weighted by atomic mass is 9.95. The molecule has 0 aliphatic carbocycles. The van der Waals surface area contributed by atoms with Gasteiger partial charge in [-0.3, -0.25) is 14.4 Å². The summed E-state index contributed by atoms with van der Waals surface area (Å²) in [5.74, 6) is -0.888. The van der Waals surface area contributed by atoms with E-state index in [1.807, 2.05) is 72.8 Å². The van der Waals surface area contributed by atoms with Crippen molar-refractivity contribution in [3.8, 4) is 11.1 Å². The van der Waals surface area contributed by atoms with Crippen molar-refractivity contribution in [1.82, 2.24) is 10.6 Å². The first-order valence-corrected chi connectivity index (χ1v) is 11.8. The number of aryl methyl sites for hydroxylation is 1. The predicted octanol–water partition coefficient (Wildman–Crippen LogP) is 3.42. The van der Waals surface area contributed by atoms with Crippen LogP contribution in [0.4, 0.5) is 11.4 Å². The Morgan fingerprint density at radius 1 is 0.971 bits per heavy atom. The number of hydrogen-bond donors (Lipinski definition) is 3. The molecule has 3 aromatic rings. The largest absolute Gasteiger partial charge is 0.373 e. The van der Waals surface area contributed by atoms with Crippen molar-refractivity contribution >= 4 is 29.1 Å². The molecule has 0 aromatic heterocycles. The maximum atomic E-state index is 13.4. The standard InChI is InChI=1S/C28H28N4O3/c1-17(29-27(34)23-16-15-18-9-3-7-13-22(18)30-23)26(33)31-25-21-12-5-4-10-19(21)20-11-6-8-14-24(20)32(2)28(25)35/h3-14,17,23,25,30H,15-16H2,1-2H3,(H,29,34)(H,31,33)/t17-,23?,25-/m0/s1. The summed E-state index contributed by atoms with van der Waals surface area (Å²) in [6.45, 7) is 1.63. The minimum atomic E-state index is -0.866. The van der Waals surface area contributed by atoms with E-state index >= 15 is 0 Å². The van der Waals surface area contributed by atoms with Gasteiger partial charge in [-0.15, -0.1) is 0 Å². The second kappa shape index (κ2) is 9.25. The Hall–Kier alpha value is -4.13. The van der Waals surface area contributed by atoms with Gasteiger partial charge in [0.2, 0.25) is 11.8 Å². The average Bonchev–Trinajstić information content (AvgIpc) is 2.98. The molecule has 3 amide bonds. The van der Waals surface area contributed by atoms with Crippen LogP contribution in [0.1, 0.15) is 30.5 Å². The molecule has 3 atom stereocenters. The van der Waals surface area contributed by atoms with Crippen molar-refractivity contribution < 1.29 is 14.4 Å². The fraction of sp³-hybridized carbons (Fsp3) is 0.250. The molecule has 0 fully saturated rings. The van der Waals surface area contributed by atoms with Crippen LogP contribution in [0.3, 0.4) is 0 Å². The molecule has 0 radical (unpaired) electrons. The molecule has 7 nitrogen and oxygen atoms in total. The van der Waals surface area contributed by atoms with Crippen molar-refractivity contribution in [2.24, 2.45) is 0 Å². The molecule has 2 heterocycles. The molecule has 2 aliphatic rings. The van der Waals surface area contributed by atoms with E-state index in [2.05, 4.69) is 16.0 Å². The van der Waals surface area contributed by atoms with E-state index < -0.39 is 24.0 Å². The molecule has 7 heteroatoms. The van der Waals surface area contributed by atoms with Gasteiger partial charge in [-0.05, 0) is 48.6 Å². The van der Waals surface area contributed by atoms with E-state index in [4.69, 9.17) is 0 Å². The molecule has 0 saturated carbocycles. The number of nitrogens with one attached hydrogen (secondary N) is 3. The molecule has 3 N–H and O–H groups in total. The quantitative estimate of drug-likeness (QED) is 0.547. The van der Waals surface area contributed by atoms with Crippen LogP contribution < -0.4 is 20.9 Å². The Morgan fingerprint density at radius 3 is 2.49 bits per heavy atom. The minimum absolute atomic E-state index is 0.236. The van der Waals surface area contributed by atoms with Crippen molar-refractivity contribution in [1.29, 1.82) is 0 Å². The van der Waals surface area contributed by atoms with Crippen LogP contribution in [-0.4, -0.2) is 36.9 Å². The van der Waals surface area contributed by atoms with E-state index in [1.54, 1.807) is 18.9 Å². The number of likely N-dealkylation sites (N-methyl/N-ethyl adjacent to an activating group) is 1. The summed E-state index contributed by atoms with van der Waals surface area (Å²) in [6, 6.07) is 21.1. The number of para-hydroxylation sites is 2. The van der Waals surface area contributed by atoms with Gasteiger partial charge >= 0.3 is 0 Å². The van der Waals surface area contributed by atoms with Crippen molar-refractivity contribution in [2.75, 3.05) is 17.3 Å². The molecule has 178 valence electrons. The molecular weight excluding hydrogens is 440 g/mol. The molecular formula is C28H28N4O3. The summed E-state index contributed by atoms with van der Waals surface area (Å²) in [5, 5.41) is 8.96. The van der Waals surface area contributed by atoms with E-state index in [-0.39, 0.29) is 11.8 Å². The van der Waals surface area contributed by atoms with Crippen LogP contribution in [0.15, 0.2) is 72.8 Å².